The van der Waals surface area contributed by atoms with Crippen LogP contribution in [0.1, 0.15) is 24.3 Å². The number of thiophene rings is 1. The summed E-state index contributed by atoms with van der Waals surface area (Å²) in [5.74, 6) is 0. The summed E-state index contributed by atoms with van der Waals surface area (Å²) in [4.78, 5) is 1.30. The highest BCUT2D eigenvalue weighted by Gasteiger charge is 2.06. The van der Waals surface area contributed by atoms with Crippen LogP contribution in [0.4, 0.5) is 0 Å². The van der Waals surface area contributed by atoms with Gasteiger partial charge < -0.3 is 5.73 Å². The van der Waals surface area contributed by atoms with Gasteiger partial charge in [-0.25, -0.2) is 0 Å². The summed E-state index contributed by atoms with van der Waals surface area (Å²) in [7, 11) is 0. The van der Waals surface area contributed by atoms with Crippen LogP contribution in [0.2, 0.25) is 0 Å². The maximum atomic E-state index is 5.97. The van der Waals surface area contributed by atoms with E-state index in [0.717, 1.165) is 6.42 Å². The fourth-order valence-electron chi connectivity index (χ4n) is 1.39. The van der Waals surface area contributed by atoms with Crippen molar-refractivity contribution in [1.29, 1.82) is 0 Å². The third-order valence-corrected chi connectivity index (χ3v) is 3.50. The lowest BCUT2D eigenvalue weighted by Crippen LogP contribution is -2.05. The molecule has 68 valence electrons. The average Bonchev–Trinajstić information content (AvgIpc) is 2.59. The highest BCUT2D eigenvalue weighted by Crippen LogP contribution is 2.29. The van der Waals surface area contributed by atoms with Crippen molar-refractivity contribution in [2.75, 3.05) is 0 Å². The fourth-order valence-corrected chi connectivity index (χ4v) is 2.54. The van der Waals surface area contributed by atoms with Crippen LogP contribution in [0, 0.1) is 0 Å². The van der Waals surface area contributed by atoms with Gasteiger partial charge in [-0.1, -0.05) is 25.1 Å². The van der Waals surface area contributed by atoms with Gasteiger partial charge in [0.2, 0.25) is 0 Å². The molecule has 2 N–H and O–H groups in total. The summed E-state index contributed by atoms with van der Waals surface area (Å²) in [6, 6.07) is 10.8. The molecule has 2 aromatic rings. The largest absolute Gasteiger partial charge is 0.323 e. The Hall–Kier alpha value is -0.860. The van der Waals surface area contributed by atoms with Crippen molar-refractivity contribution in [2.24, 2.45) is 5.73 Å². The Kier molecular flexibility index (Phi) is 2.34. The molecular formula is C11H13NS. The number of nitrogens with two attached hydrogens (primary N) is 1. The lowest BCUT2D eigenvalue weighted by molar-refractivity contribution is 0.712. The van der Waals surface area contributed by atoms with E-state index in [-0.39, 0.29) is 6.04 Å². The Morgan fingerprint density at radius 2 is 2.15 bits per heavy atom. The standard InChI is InChI=1S/C11H13NS/c1-2-9(12)11-7-8-5-3-4-6-10(8)13-11/h3-7,9H,2,12H2,1H3/t9-/m0/s1. The minimum absolute atomic E-state index is 0.206. The number of benzene rings is 1. The predicted molar refractivity (Wildman–Crippen MR) is 59.0 cm³/mol. The molecule has 0 saturated carbocycles. The highest BCUT2D eigenvalue weighted by atomic mass is 32.1. The molecule has 0 amide bonds. The third kappa shape index (κ3) is 1.60. The Morgan fingerprint density at radius 3 is 2.85 bits per heavy atom. The first-order chi connectivity index (χ1) is 6.31. The van der Waals surface area contributed by atoms with Gasteiger partial charge in [0, 0.05) is 15.6 Å². The van der Waals surface area contributed by atoms with Gasteiger partial charge in [-0.15, -0.1) is 11.3 Å². The molecule has 13 heavy (non-hydrogen) atoms. The third-order valence-electron chi connectivity index (χ3n) is 2.25. The maximum Gasteiger partial charge on any atom is 0.0387 e. The summed E-state index contributed by atoms with van der Waals surface area (Å²) >= 11 is 1.80. The van der Waals surface area contributed by atoms with Gasteiger partial charge in [-0.3, -0.25) is 0 Å². The van der Waals surface area contributed by atoms with Crippen molar-refractivity contribution >= 4 is 21.4 Å². The van der Waals surface area contributed by atoms with Gasteiger partial charge in [-0.2, -0.15) is 0 Å². The van der Waals surface area contributed by atoms with E-state index in [0.29, 0.717) is 0 Å². The molecule has 0 fully saturated rings. The highest BCUT2D eigenvalue weighted by molar-refractivity contribution is 7.19. The summed E-state index contributed by atoms with van der Waals surface area (Å²) in [6.45, 7) is 2.12. The molecule has 0 bridgehead atoms. The molecule has 1 heterocycles. The van der Waals surface area contributed by atoms with Crippen LogP contribution in [-0.4, -0.2) is 0 Å². The van der Waals surface area contributed by atoms with E-state index in [4.69, 9.17) is 5.73 Å². The second-order valence-electron chi connectivity index (χ2n) is 3.20. The van der Waals surface area contributed by atoms with Crippen molar-refractivity contribution in [1.82, 2.24) is 0 Å². The van der Waals surface area contributed by atoms with Gasteiger partial charge in [-0.05, 0) is 23.9 Å². The Labute approximate surface area is 82.2 Å². The van der Waals surface area contributed by atoms with Crippen LogP contribution in [0.5, 0.6) is 0 Å². The molecule has 1 nitrogen and oxygen atoms in total. The molecule has 2 heteroatoms. The number of hydrogen-bond donors (Lipinski definition) is 1. The van der Waals surface area contributed by atoms with Crippen LogP contribution < -0.4 is 5.73 Å². The van der Waals surface area contributed by atoms with Crippen LogP contribution in [0.3, 0.4) is 0 Å². The molecule has 0 aliphatic rings. The van der Waals surface area contributed by atoms with Gasteiger partial charge in [0.05, 0.1) is 0 Å². The molecule has 0 aliphatic carbocycles. The van der Waals surface area contributed by atoms with Gasteiger partial charge in [0.1, 0.15) is 0 Å². The fraction of sp³-hybridized carbons (Fsp3) is 0.273. The summed E-state index contributed by atoms with van der Waals surface area (Å²) in [5, 5.41) is 1.31. The Bertz CT molecular complexity index is 372. The topological polar surface area (TPSA) is 26.0 Å². The quantitative estimate of drug-likeness (QED) is 0.774. The van der Waals surface area contributed by atoms with Crippen molar-refractivity contribution in [3.8, 4) is 0 Å². The second-order valence-corrected chi connectivity index (χ2v) is 4.32. The number of rotatable bonds is 2. The lowest BCUT2D eigenvalue weighted by atomic mass is 10.2. The number of fused-ring (bicyclic) bond motifs is 1. The van der Waals surface area contributed by atoms with E-state index in [9.17, 15) is 0 Å². The maximum absolute atomic E-state index is 5.97. The zero-order valence-electron chi connectivity index (χ0n) is 7.66. The summed E-state index contributed by atoms with van der Waals surface area (Å²) in [6.07, 6.45) is 1.01. The summed E-state index contributed by atoms with van der Waals surface area (Å²) < 4.78 is 1.33. The van der Waals surface area contributed by atoms with E-state index in [1.807, 2.05) is 0 Å². The van der Waals surface area contributed by atoms with E-state index < -0.39 is 0 Å². The smallest absolute Gasteiger partial charge is 0.0387 e. The molecule has 0 aliphatic heterocycles. The molecule has 0 saturated heterocycles. The molecule has 1 aromatic carbocycles. The van der Waals surface area contributed by atoms with Crippen LogP contribution in [0.15, 0.2) is 30.3 Å². The molecule has 0 radical (unpaired) electrons. The molecular weight excluding hydrogens is 178 g/mol. The minimum atomic E-state index is 0.206. The Morgan fingerprint density at radius 1 is 1.38 bits per heavy atom. The first-order valence-corrected chi connectivity index (χ1v) is 5.37. The number of hydrogen-bond acceptors (Lipinski definition) is 2. The SMILES string of the molecule is CC[C@H](N)c1cc2ccccc2s1. The van der Waals surface area contributed by atoms with E-state index >= 15 is 0 Å². The van der Waals surface area contributed by atoms with E-state index in [1.54, 1.807) is 11.3 Å². The van der Waals surface area contributed by atoms with Crippen molar-refractivity contribution in [3.05, 3.63) is 35.2 Å². The van der Waals surface area contributed by atoms with Crippen LogP contribution in [0.25, 0.3) is 10.1 Å². The molecule has 1 atom stereocenters. The van der Waals surface area contributed by atoms with Gasteiger partial charge >= 0.3 is 0 Å². The van der Waals surface area contributed by atoms with E-state index in [2.05, 4.69) is 37.3 Å². The first-order valence-electron chi connectivity index (χ1n) is 4.55. The molecule has 1 aromatic heterocycles. The minimum Gasteiger partial charge on any atom is -0.323 e. The molecule has 0 unspecified atom stereocenters. The normalized spacial score (nSPS) is 13.4. The van der Waals surface area contributed by atoms with Gasteiger partial charge in [0.25, 0.3) is 0 Å². The zero-order chi connectivity index (χ0) is 9.26. The Balaban J connectivity index is 2.49. The molecule has 2 rings (SSSR count). The van der Waals surface area contributed by atoms with Crippen molar-refractivity contribution in [2.45, 2.75) is 19.4 Å². The summed E-state index contributed by atoms with van der Waals surface area (Å²) in [5.41, 5.74) is 5.97. The van der Waals surface area contributed by atoms with Crippen molar-refractivity contribution < 1.29 is 0 Å². The van der Waals surface area contributed by atoms with Crippen molar-refractivity contribution in [3.63, 3.8) is 0 Å². The molecule has 0 spiro atoms. The van der Waals surface area contributed by atoms with Crippen LogP contribution in [-0.2, 0) is 0 Å². The monoisotopic (exact) mass is 191 g/mol. The van der Waals surface area contributed by atoms with Gasteiger partial charge in [0.15, 0.2) is 0 Å². The predicted octanol–water partition coefficient (Wildman–Crippen LogP) is 3.31. The van der Waals surface area contributed by atoms with Crippen LogP contribution >= 0.6 is 11.3 Å². The van der Waals surface area contributed by atoms with E-state index in [1.165, 1.54) is 15.0 Å². The zero-order valence-corrected chi connectivity index (χ0v) is 8.47. The second kappa shape index (κ2) is 3.48. The average molecular weight is 191 g/mol. The lowest BCUT2D eigenvalue weighted by Gasteiger charge is -2.02. The first kappa shape index (κ1) is 8.73.